The van der Waals surface area contributed by atoms with E-state index in [1.807, 2.05) is 18.2 Å². The van der Waals surface area contributed by atoms with Gasteiger partial charge in [-0.1, -0.05) is 25.3 Å². The first-order valence-electron chi connectivity index (χ1n) is 8.52. The number of hydrogen-bond acceptors (Lipinski definition) is 4. The van der Waals surface area contributed by atoms with Crippen LogP contribution in [0.25, 0.3) is 0 Å². The van der Waals surface area contributed by atoms with E-state index < -0.39 is 5.97 Å². The molecule has 1 amide bonds. The minimum absolute atomic E-state index is 0.00226. The molecule has 0 aliphatic carbocycles. The molecule has 24 heavy (non-hydrogen) atoms. The molecule has 2 rings (SSSR count). The van der Waals surface area contributed by atoms with Gasteiger partial charge in [0.15, 0.2) is 11.5 Å². The normalized spacial score (nSPS) is 12.7. The molecule has 1 heterocycles. The van der Waals surface area contributed by atoms with Crippen LogP contribution in [0.15, 0.2) is 18.2 Å². The fourth-order valence-corrected chi connectivity index (χ4v) is 2.60. The highest BCUT2D eigenvalue weighted by Crippen LogP contribution is 2.30. The Hall–Kier alpha value is -2.24. The first kappa shape index (κ1) is 18.1. The average Bonchev–Trinajstić information content (AvgIpc) is 2.57. The van der Waals surface area contributed by atoms with Crippen LogP contribution in [0.2, 0.25) is 0 Å². The first-order chi connectivity index (χ1) is 11.6. The highest BCUT2D eigenvalue weighted by Gasteiger charge is 2.12. The molecule has 0 radical (unpaired) electrons. The van der Waals surface area contributed by atoms with E-state index >= 15 is 0 Å². The van der Waals surface area contributed by atoms with Crippen molar-refractivity contribution in [1.82, 2.24) is 5.32 Å². The molecule has 132 valence electrons. The van der Waals surface area contributed by atoms with Crippen molar-refractivity contribution in [2.75, 3.05) is 19.8 Å². The molecule has 1 aliphatic rings. The summed E-state index contributed by atoms with van der Waals surface area (Å²) in [5.74, 6) is 0.695. The maximum atomic E-state index is 11.9. The zero-order valence-corrected chi connectivity index (χ0v) is 13.9. The van der Waals surface area contributed by atoms with Crippen LogP contribution in [0.5, 0.6) is 11.5 Å². The Kier molecular flexibility index (Phi) is 7.39. The Morgan fingerprint density at radius 3 is 2.50 bits per heavy atom. The SMILES string of the molecule is O=C(O)CCCCCCCNC(=O)Cc1ccc2c(c1)OCCO2. The summed E-state index contributed by atoms with van der Waals surface area (Å²) in [5.41, 5.74) is 0.908. The van der Waals surface area contributed by atoms with E-state index in [0.717, 1.165) is 43.4 Å². The number of hydrogen-bond donors (Lipinski definition) is 2. The van der Waals surface area contributed by atoms with Gasteiger partial charge in [0, 0.05) is 13.0 Å². The number of carboxylic acids is 1. The second kappa shape index (κ2) is 9.80. The highest BCUT2D eigenvalue weighted by atomic mass is 16.6. The van der Waals surface area contributed by atoms with Crippen LogP contribution in [-0.4, -0.2) is 36.7 Å². The van der Waals surface area contributed by atoms with E-state index in [1.165, 1.54) is 0 Å². The number of unbranched alkanes of at least 4 members (excludes halogenated alkanes) is 4. The van der Waals surface area contributed by atoms with Gasteiger partial charge in [-0.2, -0.15) is 0 Å². The van der Waals surface area contributed by atoms with Gasteiger partial charge in [0.25, 0.3) is 0 Å². The predicted octanol–water partition coefficient (Wildman–Crippen LogP) is 2.54. The number of carbonyl (C=O) groups is 2. The van der Waals surface area contributed by atoms with Crippen molar-refractivity contribution in [2.24, 2.45) is 0 Å². The summed E-state index contributed by atoms with van der Waals surface area (Å²) >= 11 is 0. The third kappa shape index (κ3) is 6.48. The zero-order valence-electron chi connectivity index (χ0n) is 13.9. The van der Waals surface area contributed by atoms with Gasteiger partial charge < -0.3 is 19.9 Å². The molecule has 0 spiro atoms. The number of carboxylic acid groups (broad SMARTS) is 1. The molecule has 0 atom stereocenters. The lowest BCUT2D eigenvalue weighted by Gasteiger charge is -2.18. The van der Waals surface area contributed by atoms with Crippen molar-refractivity contribution in [3.63, 3.8) is 0 Å². The Bertz CT molecular complexity index is 558. The molecule has 0 fully saturated rings. The standard InChI is InChI=1S/C18H25NO5/c20-17(19-9-5-3-1-2-4-6-18(21)22)13-14-7-8-15-16(12-14)24-11-10-23-15/h7-8,12H,1-6,9-11,13H2,(H,19,20)(H,21,22). The van der Waals surface area contributed by atoms with E-state index in [1.54, 1.807) is 0 Å². The number of nitrogens with one attached hydrogen (secondary N) is 1. The van der Waals surface area contributed by atoms with Crippen molar-refractivity contribution in [3.05, 3.63) is 23.8 Å². The molecule has 1 aliphatic heterocycles. The summed E-state index contributed by atoms with van der Waals surface area (Å²) in [6, 6.07) is 5.58. The predicted molar refractivity (Wildman–Crippen MR) is 89.5 cm³/mol. The van der Waals surface area contributed by atoms with Crippen LogP contribution in [0.1, 0.15) is 44.1 Å². The van der Waals surface area contributed by atoms with E-state index in [2.05, 4.69) is 5.32 Å². The third-order valence-electron chi connectivity index (χ3n) is 3.86. The number of amides is 1. The molecule has 6 heteroatoms. The Labute approximate surface area is 142 Å². The summed E-state index contributed by atoms with van der Waals surface area (Å²) in [4.78, 5) is 22.3. The number of benzene rings is 1. The van der Waals surface area contributed by atoms with E-state index in [0.29, 0.717) is 31.9 Å². The van der Waals surface area contributed by atoms with Crippen LogP contribution in [0.4, 0.5) is 0 Å². The summed E-state index contributed by atoms with van der Waals surface area (Å²) in [6.07, 6.45) is 5.15. The van der Waals surface area contributed by atoms with Crippen LogP contribution in [0, 0.1) is 0 Å². The van der Waals surface area contributed by atoms with Crippen molar-refractivity contribution in [1.29, 1.82) is 0 Å². The number of fused-ring (bicyclic) bond motifs is 1. The van der Waals surface area contributed by atoms with E-state index in [-0.39, 0.29) is 12.3 Å². The summed E-state index contributed by atoms with van der Waals surface area (Å²) in [5, 5.41) is 11.5. The second-order valence-corrected chi connectivity index (χ2v) is 5.92. The molecule has 0 bridgehead atoms. The smallest absolute Gasteiger partial charge is 0.303 e. The second-order valence-electron chi connectivity index (χ2n) is 5.92. The zero-order chi connectivity index (χ0) is 17.2. The molecule has 1 aromatic carbocycles. The van der Waals surface area contributed by atoms with Gasteiger partial charge in [-0.15, -0.1) is 0 Å². The van der Waals surface area contributed by atoms with E-state index in [4.69, 9.17) is 14.6 Å². The van der Waals surface area contributed by atoms with Gasteiger partial charge in [0.05, 0.1) is 6.42 Å². The van der Waals surface area contributed by atoms with E-state index in [9.17, 15) is 9.59 Å². The van der Waals surface area contributed by atoms with Crippen LogP contribution >= 0.6 is 0 Å². The van der Waals surface area contributed by atoms with Gasteiger partial charge in [-0.3, -0.25) is 9.59 Å². The Balaban J connectivity index is 1.57. The molecule has 1 aromatic rings. The molecule has 0 saturated heterocycles. The average molecular weight is 335 g/mol. The van der Waals surface area contributed by atoms with Crippen molar-refractivity contribution in [3.8, 4) is 11.5 Å². The maximum Gasteiger partial charge on any atom is 0.303 e. The molecule has 0 aromatic heterocycles. The number of aliphatic carboxylic acids is 1. The summed E-state index contributed by atoms with van der Waals surface area (Å²) in [7, 11) is 0. The highest BCUT2D eigenvalue weighted by molar-refractivity contribution is 5.78. The number of rotatable bonds is 10. The fourth-order valence-electron chi connectivity index (χ4n) is 2.60. The van der Waals surface area contributed by atoms with Crippen molar-refractivity contribution in [2.45, 2.75) is 44.9 Å². The molecule has 2 N–H and O–H groups in total. The Morgan fingerprint density at radius 2 is 1.71 bits per heavy atom. The van der Waals surface area contributed by atoms with Crippen LogP contribution < -0.4 is 14.8 Å². The lowest BCUT2D eigenvalue weighted by Crippen LogP contribution is -2.26. The van der Waals surface area contributed by atoms with Gasteiger partial charge in [-0.05, 0) is 30.5 Å². The minimum atomic E-state index is -0.735. The lowest BCUT2D eigenvalue weighted by atomic mass is 10.1. The monoisotopic (exact) mass is 335 g/mol. The van der Waals surface area contributed by atoms with Crippen LogP contribution in [-0.2, 0) is 16.0 Å². The number of carbonyl (C=O) groups excluding carboxylic acids is 1. The minimum Gasteiger partial charge on any atom is -0.486 e. The molecule has 6 nitrogen and oxygen atoms in total. The van der Waals surface area contributed by atoms with Crippen molar-refractivity contribution < 1.29 is 24.2 Å². The molecule has 0 saturated carbocycles. The van der Waals surface area contributed by atoms with Crippen molar-refractivity contribution >= 4 is 11.9 Å². The first-order valence-corrected chi connectivity index (χ1v) is 8.52. The van der Waals surface area contributed by atoms with Gasteiger partial charge in [-0.25, -0.2) is 0 Å². The number of ether oxygens (including phenoxy) is 2. The van der Waals surface area contributed by atoms with Crippen LogP contribution in [0.3, 0.4) is 0 Å². The third-order valence-corrected chi connectivity index (χ3v) is 3.86. The molecular weight excluding hydrogens is 310 g/mol. The molecule has 0 unspecified atom stereocenters. The quantitative estimate of drug-likeness (QED) is 0.642. The maximum absolute atomic E-state index is 11.9. The fraction of sp³-hybridized carbons (Fsp3) is 0.556. The van der Waals surface area contributed by atoms with Gasteiger partial charge >= 0.3 is 5.97 Å². The summed E-state index contributed by atoms with van der Waals surface area (Å²) < 4.78 is 11.0. The topological polar surface area (TPSA) is 84.9 Å². The largest absolute Gasteiger partial charge is 0.486 e. The van der Waals surface area contributed by atoms with Gasteiger partial charge in [0.1, 0.15) is 13.2 Å². The lowest BCUT2D eigenvalue weighted by molar-refractivity contribution is -0.137. The summed E-state index contributed by atoms with van der Waals surface area (Å²) in [6.45, 7) is 1.75. The Morgan fingerprint density at radius 1 is 1.00 bits per heavy atom. The molecular formula is C18H25NO5. The van der Waals surface area contributed by atoms with Gasteiger partial charge in [0.2, 0.25) is 5.91 Å².